The molecule has 24 heavy (non-hydrogen) atoms. The van der Waals surface area contributed by atoms with Gasteiger partial charge in [0.15, 0.2) is 0 Å². The van der Waals surface area contributed by atoms with E-state index in [0.717, 1.165) is 31.6 Å². The van der Waals surface area contributed by atoms with Crippen molar-refractivity contribution in [2.45, 2.75) is 45.2 Å². The number of anilines is 1. The van der Waals surface area contributed by atoms with E-state index in [1.807, 2.05) is 18.7 Å². The number of hydrogen-bond donors (Lipinski definition) is 2. The van der Waals surface area contributed by atoms with Gasteiger partial charge in [0.05, 0.1) is 0 Å². The fourth-order valence-electron chi connectivity index (χ4n) is 3.29. The molecule has 2 bridgehead atoms. The van der Waals surface area contributed by atoms with Crippen molar-refractivity contribution in [3.05, 3.63) is 29.8 Å². The Morgan fingerprint density at radius 1 is 1.12 bits per heavy atom. The van der Waals surface area contributed by atoms with Gasteiger partial charge in [-0.15, -0.1) is 12.4 Å². The maximum Gasteiger partial charge on any atom is 0.253 e. The normalized spacial score (nSPS) is 22.7. The smallest absolute Gasteiger partial charge is 0.253 e. The summed E-state index contributed by atoms with van der Waals surface area (Å²) in [6.07, 6.45) is 3.43. The number of amides is 2. The molecule has 0 radical (unpaired) electrons. The van der Waals surface area contributed by atoms with E-state index in [1.165, 1.54) is 6.42 Å². The number of fused-ring (bicyclic) bond motifs is 2. The highest BCUT2D eigenvalue weighted by Crippen LogP contribution is 2.22. The zero-order chi connectivity index (χ0) is 16.4. The van der Waals surface area contributed by atoms with E-state index in [9.17, 15) is 9.59 Å². The van der Waals surface area contributed by atoms with Crippen LogP contribution in [0.15, 0.2) is 24.3 Å². The molecule has 2 N–H and O–H groups in total. The lowest BCUT2D eigenvalue weighted by atomic mass is 10.1. The van der Waals surface area contributed by atoms with E-state index >= 15 is 0 Å². The van der Waals surface area contributed by atoms with Crippen LogP contribution < -0.4 is 10.6 Å². The van der Waals surface area contributed by atoms with Crippen molar-refractivity contribution < 1.29 is 9.59 Å². The van der Waals surface area contributed by atoms with Crippen LogP contribution in [0.4, 0.5) is 5.69 Å². The van der Waals surface area contributed by atoms with Gasteiger partial charge in [-0.05, 0) is 43.5 Å². The summed E-state index contributed by atoms with van der Waals surface area (Å²) in [5.41, 5.74) is 1.42. The predicted octanol–water partition coefficient (Wildman–Crippen LogP) is 2.67. The van der Waals surface area contributed by atoms with E-state index in [2.05, 4.69) is 10.6 Å². The van der Waals surface area contributed by atoms with Gasteiger partial charge in [-0.3, -0.25) is 9.59 Å². The summed E-state index contributed by atoms with van der Waals surface area (Å²) in [7, 11) is 0. The van der Waals surface area contributed by atoms with Gasteiger partial charge < -0.3 is 15.5 Å². The summed E-state index contributed by atoms with van der Waals surface area (Å²) in [6.45, 7) is 5.32. The maximum atomic E-state index is 12.7. The zero-order valence-electron chi connectivity index (χ0n) is 14.2. The number of benzene rings is 1. The molecule has 0 spiro atoms. The Balaban J connectivity index is 0.00000208. The second kappa shape index (κ2) is 7.99. The lowest BCUT2D eigenvalue weighted by molar-refractivity contribution is -0.118. The minimum absolute atomic E-state index is 0. The molecule has 0 saturated carbocycles. The van der Waals surface area contributed by atoms with Gasteiger partial charge in [0.2, 0.25) is 5.91 Å². The monoisotopic (exact) mass is 351 g/mol. The first-order valence-corrected chi connectivity index (χ1v) is 8.49. The molecule has 2 aliphatic rings. The Morgan fingerprint density at radius 3 is 2.46 bits per heavy atom. The fraction of sp³-hybridized carbons (Fsp3) is 0.556. The minimum atomic E-state index is -0.0590. The van der Waals surface area contributed by atoms with E-state index in [0.29, 0.717) is 17.6 Å². The van der Waals surface area contributed by atoms with E-state index < -0.39 is 0 Å². The molecule has 132 valence electrons. The van der Waals surface area contributed by atoms with Crippen molar-refractivity contribution in [2.75, 3.05) is 18.4 Å². The quantitative estimate of drug-likeness (QED) is 0.880. The third kappa shape index (κ3) is 4.28. The molecule has 0 aromatic heterocycles. The summed E-state index contributed by atoms with van der Waals surface area (Å²) in [6, 6.07) is 8.22. The summed E-state index contributed by atoms with van der Waals surface area (Å²) >= 11 is 0. The van der Waals surface area contributed by atoms with Gasteiger partial charge in [0.1, 0.15) is 0 Å². The molecule has 2 heterocycles. The number of nitrogens with zero attached hydrogens (tertiary/aromatic N) is 1. The van der Waals surface area contributed by atoms with Crippen LogP contribution in [0, 0.1) is 5.92 Å². The van der Waals surface area contributed by atoms with E-state index in [4.69, 9.17) is 0 Å². The average Bonchev–Trinajstić information content (AvgIpc) is 2.86. The number of hydrogen-bond acceptors (Lipinski definition) is 3. The molecule has 6 heteroatoms. The first kappa shape index (κ1) is 18.7. The molecule has 3 rings (SSSR count). The molecule has 2 amide bonds. The van der Waals surface area contributed by atoms with Gasteiger partial charge >= 0.3 is 0 Å². The number of rotatable bonds is 3. The Morgan fingerprint density at radius 2 is 1.79 bits per heavy atom. The maximum absolute atomic E-state index is 12.7. The van der Waals surface area contributed by atoms with Crippen LogP contribution in [0.2, 0.25) is 0 Å². The largest absolute Gasteiger partial charge is 0.337 e. The van der Waals surface area contributed by atoms with Crippen molar-refractivity contribution in [1.29, 1.82) is 0 Å². The Hall–Kier alpha value is -1.59. The van der Waals surface area contributed by atoms with Crippen LogP contribution in [-0.2, 0) is 4.79 Å². The second-order valence-corrected chi connectivity index (χ2v) is 6.90. The zero-order valence-corrected chi connectivity index (χ0v) is 15.1. The lowest BCUT2D eigenvalue weighted by Crippen LogP contribution is -2.39. The first-order chi connectivity index (χ1) is 11.0. The molecule has 0 aliphatic carbocycles. The minimum Gasteiger partial charge on any atom is -0.337 e. The number of halogens is 1. The summed E-state index contributed by atoms with van der Waals surface area (Å²) < 4.78 is 0. The molecule has 2 fully saturated rings. The molecular weight excluding hydrogens is 326 g/mol. The van der Waals surface area contributed by atoms with Crippen molar-refractivity contribution >= 4 is 29.9 Å². The summed E-state index contributed by atoms with van der Waals surface area (Å²) in [4.78, 5) is 26.3. The van der Waals surface area contributed by atoms with Crippen molar-refractivity contribution in [1.82, 2.24) is 10.2 Å². The highest BCUT2D eigenvalue weighted by Gasteiger charge is 2.31. The topological polar surface area (TPSA) is 61.4 Å². The van der Waals surface area contributed by atoms with Crippen LogP contribution in [0.5, 0.6) is 0 Å². The van der Waals surface area contributed by atoms with E-state index in [-0.39, 0.29) is 30.1 Å². The van der Waals surface area contributed by atoms with Crippen LogP contribution in [-0.4, -0.2) is 41.9 Å². The van der Waals surface area contributed by atoms with Crippen LogP contribution in [0.3, 0.4) is 0 Å². The molecule has 1 aromatic carbocycles. The van der Waals surface area contributed by atoms with Crippen LogP contribution in [0.25, 0.3) is 0 Å². The number of likely N-dealkylation sites (tertiary alicyclic amines) is 1. The van der Waals surface area contributed by atoms with Crippen LogP contribution >= 0.6 is 12.4 Å². The molecular formula is C18H26ClN3O2. The van der Waals surface area contributed by atoms with Gasteiger partial charge in [-0.2, -0.15) is 0 Å². The summed E-state index contributed by atoms with van der Waals surface area (Å²) in [5.74, 6) is 0.0103. The average molecular weight is 352 g/mol. The predicted molar refractivity (Wildman–Crippen MR) is 97.6 cm³/mol. The standard InChI is InChI=1S/C18H25N3O2.ClH/c1-12(2)17(22)20-14-5-3-13(4-6-14)18(23)21-10-9-15-7-8-16(11-21)19-15;/h3-6,12,15-16,19H,7-11H2,1-2H3,(H,20,22);1H. The molecule has 2 unspecified atom stereocenters. The number of carbonyl (C=O) groups excluding carboxylic acids is 2. The van der Waals surface area contributed by atoms with E-state index in [1.54, 1.807) is 24.3 Å². The molecule has 1 aromatic rings. The second-order valence-electron chi connectivity index (χ2n) is 6.90. The van der Waals surface area contributed by atoms with Crippen LogP contribution in [0.1, 0.15) is 43.5 Å². The van der Waals surface area contributed by atoms with Gasteiger partial charge in [-0.1, -0.05) is 13.8 Å². The molecule has 5 nitrogen and oxygen atoms in total. The third-order valence-electron chi connectivity index (χ3n) is 4.73. The fourth-order valence-corrected chi connectivity index (χ4v) is 3.29. The number of nitrogens with one attached hydrogen (secondary N) is 2. The molecule has 2 saturated heterocycles. The van der Waals surface area contributed by atoms with Crippen molar-refractivity contribution in [2.24, 2.45) is 5.92 Å². The summed E-state index contributed by atoms with van der Waals surface area (Å²) in [5, 5.41) is 6.43. The third-order valence-corrected chi connectivity index (χ3v) is 4.73. The Kier molecular flexibility index (Phi) is 6.24. The Bertz CT molecular complexity index is 588. The van der Waals surface area contributed by atoms with Crippen molar-refractivity contribution in [3.8, 4) is 0 Å². The van der Waals surface area contributed by atoms with Crippen molar-refractivity contribution in [3.63, 3.8) is 0 Å². The Labute approximate surface area is 149 Å². The molecule has 2 atom stereocenters. The van der Waals surface area contributed by atoms with Gasteiger partial charge in [0.25, 0.3) is 5.91 Å². The lowest BCUT2D eigenvalue weighted by Gasteiger charge is -2.24. The SMILES string of the molecule is CC(C)C(=O)Nc1ccc(C(=O)N2CCC3CCC(C2)N3)cc1.Cl. The highest BCUT2D eigenvalue weighted by atomic mass is 35.5. The van der Waals surface area contributed by atoms with Gasteiger partial charge in [-0.25, -0.2) is 0 Å². The van der Waals surface area contributed by atoms with Gasteiger partial charge in [0, 0.05) is 42.3 Å². The molecule has 2 aliphatic heterocycles. The highest BCUT2D eigenvalue weighted by molar-refractivity contribution is 5.96. The first-order valence-electron chi connectivity index (χ1n) is 8.49. The number of carbonyl (C=O) groups is 2.